The van der Waals surface area contributed by atoms with E-state index in [1.54, 1.807) is 18.6 Å². The first-order chi connectivity index (χ1) is 7.09. The summed E-state index contributed by atoms with van der Waals surface area (Å²) in [6.07, 6.45) is 6.14. The van der Waals surface area contributed by atoms with Gasteiger partial charge in [-0.25, -0.2) is 9.97 Å². The van der Waals surface area contributed by atoms with Gasteiger partial charge in [0.25, 0.3) is 0 Å². The summed E-state index contributed by atoms with van der Waals surface area (Å²) in [4.78, 5) is 8.24. The molecule has 4 nitrogen and oxygen atoms in total. The molecule has 1 N–H and O–H groups in total. The SMILES string of the molecule is Cc1cnc(NCCC(C)S(C)=O)nc1. The Balaban J connectivity index is 2.32. The van der Waals surface area contributed by atoms with E-state index in [2.05, 4.69) is 15.3 Å². The van der Waals surface area contributed by atoms with Gasteiger partial charge in [0.2, 0.25) is 5.95 Å². The lowest BCUT2D eigenvalue weighted by atomic mass is 10.3. The minimum atomic E-state index is -0.753. The van der Waals surface area contributed by atoms with Crippen LogP contribution in [0.4, 0.5) is 5.95 Å². The maximum Gasteiger partial charge on any atom is 0.222 e. The number of aromatic nitrogens is 2. The molecule has 0 amide bonds. The fraction of sp³-hybridized carbons (Fsp3) is 0.600. The zero-order valence-corrected chi connectivity index (χ0v) is 10.2. The minimum Gasteiger partial charge on any atom is -0.354 e. The Labute approximate surface area is 93.0 Å². The number of hydrogen-bond acceptors (Lipinski definition) is 4. The normalized spacial score (nSPS) is 14.6. The maximum absolute atomic E-state index is 11.1. The predicted octanol–water partition coefficient (Wildman–Crippen LogP) is 1.35. The van der Waals surface area contributed by atoms with Crippen molar-refractivity contribution >= 4 is 16.7 Å². The average molecular weight is 227 g/mol. The molecule has 0 saturated heterocycles. The zero-order valence-electron chi connectivity index (χ0n) is 9.36. The summed E-state index contributed by atoms with van der Waals surface area (Å²) in [7, 11) is -0.753. The van der Waals surface area contributed by atoms with E-state index >= 15 is 0 Å². The highest BCUT2D eigenvalue weighted by atomic mass is 32.2. The van der Waals surface area contributed by atoms with Gasteiger partial charge in [0.1, 0.15) is 0 Å². The first-order valence-electron chi connectivity index (χ1n) is 4.94. The van der Waals surface area contributed by atoms with Gasteiger partial charge < -0.3 is 5.32 Å². The second-order valence-electron chi connectivity index (χ2n) is 3.61. The van der Waals surface area contributed by atoms with Crippen molar-refractivity contribution in [1.29, 1.82) is 0 Å². The molecule has 1 heterocycles. The van der Waals surface area contributed by atoms with E-state index in [4.69, 9.17) is 0 Å². The molecule has 0 spiro atoms. The largest absolute Gasteiger partial charge is 0.354 e. The topological polar surface area (TPSA) is 54.9 Å². The van der Waals surface area contributed by atoms with Crippen LogP contribution in [0.1, 0.15) is 18.9 Å². The summed E-state index contributed by atoms with van der Waals surface area (Å²) in [5.41, 5.74) is 1.04. The van der Waals surface area contributed by atoms with Crippen LogP contribution in [0, 0.1) is 6.92 Å². The number of hydrogen-bond donors (Lipinski definition) is 1. The first-order valence-corrected chi connectivity index (χ1v) is 6.56. The fourth-order valence-corrected chi connectivity index (χ4v) is 1.49. The van der Waals surface area contributed by atoms with Crippen molar-refractivity contribution in [2.75, 3.05) is 18.1 Å². The van der Waals surface area contributed by atoms with Gasteiger partial charge >= 0.3 is 0 Å². The van der Waals surface area contributed by atoms with E-state index in [1.807, 2.05) is 13.8 Å². The minimum absolute atomic E-state index is 0.211. The molecule has 0 aliphatic rings. The number of anilines is 1. The molecule has 1 aromatic rings. The average Bonchev–Trinajstić information content (AvgIpc) is 2.20. The van der Waals surface area contributed by atoms with Crippen molar-refractivity contribution in [2.24, 2.45) is 0 Å². The van der Waals surface area contributed by atoms with Gasteiger partial charge in [0, 0.05) is 41.2 Å². The summed E-state index contributed by atoms with van der Waals surface area (Å²) in [5.74, 6) is 0.634. The Morgan fingerprint density at radius 1 is 1.47 bits per heavy atom. The van der Waals surface area contributed by atoms with Gasteiger partial charge in [-0.3, -0.25) is 4.21 Å². The molecule has 0 bridgehead atoms. The van der Waals surface area contributed by atoms with Crippen molar-refractivity contribution in [3.8, 4) is 0 Å². The van der Waals surface area contributed by atoms with Crippen LogP contribution in [-0.2, 0) is 10.8 Å². The van der Waals surface area contributed by atoms with E-state index in [0.29, 0.717) is 5.95 Å². The lowest BCUT2D eigenvalue weighted by Gasteiger charge is -2.08. The van der Waals surface area contributed by atoms with Gasteiger partial charge in [-0.15, -0.1) is 0 Å². The summed E-state index contributed by atoms with van der Waals surface area (Å²) in [6.45, 7) is 4.68. The van der Waals surface area contributed by atoms with E-state index in [-0.39, 0.29) is 5.25 Å². The third kappa shape index (κ3) is 4.38. The molecule has 1 rings (SSSR count). The lowest BCUT2D eigenvalue weighted by molar-refractivity contribution is 0.672. The molecule has 0 fully saturated rings. The van der Waals surface area contributed by atoms with Crippen LogP contribution in [0.15, 0.2) is 12.4 Å². The molecule has 0 saturated carbocycles. The molecule has 0 aliphatic heterocycles. The Morgan fingerprint density at radius 3 is 2.60 bits per heavy atom. The predicted molar refractivity (Wildman–Crippen MR) is 63.4 cm³/mol. The molecule has 0 radical (unpaired) electrons. The summed E-state index contributed by atoms with van der Waals surface area (Å²) in [5, 5.41) is 3.31. The van der Waals surface area contributed by atoms with Crippen LogP contribution in [0.25, 0.3) is 0 Å². The Bertz CT molecular complexity index is 326. The second kappa shape index (κ2) is 5.80. The Hall–Kier alpha value is -0.970. The van der Waals surface area contributed by atoms with Gasteiger partial charge in [0.15, 0.2) is 0 Å². The fourth-order valence-electron chi connectivity index (χ4n) is 1.04. The van der Waals surface area contributed by atoms with Gasteiger partial charge in [-0.1, -0.05) is 6.92 Å². The quantitative estimate of drug-likeness (QED) is 0.825. The number of aryl methyl sites for hydroxylation is 1. The zero-order chi connectivity index (χ0) is 11.3. The smallest absolute Gasteiger partial charge is 0.222 e. The van der Waals surface area contributed by atoms with Gasteiger partial charge in [-0.2, -0.15) is 0 Å². The lowest BCUT2D eigenvalue weighted by Crippen LogP contribution is -2.15. The van der Waals surface area contributed by atoms with E-state index in [0.717, 1.165) is 18.5 Å². The monoisotopic (exact) mass is 227 g/mol. The van der Waals surface area contributed by atoms with Crippen LogP contribution in [0.2, 0.25) is 0 Å². The number of nitrogens with zero attached hydrogens (tertiary/aromatic N) is 2. The van der Waals surface area contributed by atoms with Crippen LogP contribution in [-0.4, -0.2) is 32.2 Å². The van der Waals surface area contributed by atoms with E-state index in [9.17, 15) is 4.21 Å². The summed E-state index contributed by atoms with van der Waals surface area (Å²) < 4.78 is 11.1. The standard InChI is InChI=1S/C10H17N3OS/c1-8-6-12-10(13-7-8)11-5-4-9(2)15(3)14/h6-7,9H,4-5H2,1-3H3,(H,11,12,13). The van der Waals surface area contributed by atoms with Gasteiger partial charge in [0.05, 0.1) is 0 Å². The molecular formula is C10H17N3OS. The third-order valence-electron chi connectivity index (χ3n) is 2.18. The Morgan fingerprint density at radius 2 is 2.07 bits per heavy atom. The van der Waals surface area contributed by atoms with E-state index < -0.39 is 10.8 Å². The summed E-state index contributed by atoms with van der Waals surface area (Å²) in [6, 6.07) is 0. The molecule has 2 unspecified atom stereocenters. The maximum atomic E-state index is 11.1. The third-order valence-corrected chi connectivity index (χ3v) is 3.55. The molecular weight excluding hydrogens is 210 g/mol. The highest BCUT2D eigenvalue weighted by Crippen LogP contribution is 2.02. The highest BCUT2D eigenvalue weighted by molar-refractivity contribution is 7.84. The van der Waals surface area contributed by atoms with Crippen molar-refractivity contribution in [2.45, 2.75) is 25.5 Å². The highest BCUT2D eigenvalue weighted by Gasteiger charge is 2.05. The van der Waals surface area contributed by atoms with E-state index in [1.165, 1.54) is 0 Å². The van der Waals surface area contributed by atoms with Crippen molar-refractivity contribution in [1.82, 2.24) is 9.97 Å². The van der Waals surface area contributed by atoms with Crippen LogP contribution >= 0.6 is 0 Å². The van der Waals surface area contributed by atoms with Crippen LogP contribution in [0.5, 0.6) is 0 Å². The van der Waals surface area contributed by atoms with Crippen molar-refractivity contribution < 1.29 is 4.21 Å². The molecule has 1 aromatic heterocycles. The molecule has 2 atom stereocenters. The second-order valence-corrected chi connectivity index (χ2v) is 5.41. The van der Waals surface area contributed by atoms with Crippen LogP contribution in [0.3, 0.4) is 0 Å². The van der Waals surface area contributed by atoms with Crippen LogP contribution < -0.4 is 5.32 Å². The number of rotatable bonds is 5. The van der Waals surface area contributed by atoms with Gasteiger partial charge in [-0.05, 0) is 18.9 Å². The molecule has 0 aromatic carbocycles. The van der Waals surface area contributed by atoms with Crippen molar-refractivity contribution in [3.63, 3.8) is 0 Å². The molecule has 5 heteroatoms. The number of nitrogens with one attached hydrogen (secondary N) is 1. The van der Waals surface area contributed by atoms with Crippen molar-refractivity contribution in [3.05, 3.63) is 18.0 Å². The summed E-state index contributed by atoms with van der Waals surface area (Å²) >= 11 is 0. The first kappa shape index (κ1) is 12.1. The molecule has 15 heavy (non-hydrogen) atoms. The molecule has 0 aliphatic carbocycles. The molecule has 84 valence electrons. The Kier molecular flexibility index (Phi) is 4.68.